The van der Waals surface area contributed by atoms with E-state index < -0.39 is 17.7 Å². The second kappa shape index (κ2) is 9.60. The van der Waals surface area contributed by atoms with Crippen LogP contribution in [0, 0.1) is 6.92 Å². The number of hydrogen-bond acceptors (Lipinski definition) is 3. The molecule has 2 aromatic carbocycles. The molecule has 5 nitrogen and oxygen atoms in total. The molecule has 0 unspecified atom stereocenters. The zero-order valence-electron chi connectivity index (χ0n) is 19.6. The number of anilines is 1. The second-order valence-electron chi connectivity index (χ2n) is 9.12. The molecule has 0 atom stereocenters. The number of benzene rings is 2. The summed E-state index contributed by atoms with van der Waals surface area (Å²) in [4.78, 5) is 26.0. The van der Waals surface area contributed by atoms with Crippen LogP contribution in [0.3, 0.4) is 0 Å². The summed E-state index contributed by atoms with van der Waals surface area (Å²) in [5, 5.41) is 9.10. The number of carbonyl (C=O) groups is 1. The molecular formula is C27H27F3N2O3. The van der Waals surface area contributed by atoms with E-state index in [-0.39, 0.29) is 11.1 Å². The zero-order chi connectivity index (χ0) is 25.3. The molecule has 1 aromatic heterocycles. The van der Waals surface area contributed by atoms with Gasteiger partial charge in [-0.2, -0.15) is 13.2 Å². The number of aromatic nitrogens is 1. The van der Waals surface area contributed by atoms with Crippen molar-refractivity contribution in [3.63, 3.8) is 0 Å². The normalized spacial score (nSPS) is 13.6. The minimum absolute atomic E-state index is 0.121. The van der Waals surface area contributed by atoms with E-state index in [9.17, 15) is 22.8 Å². The smallest absolute Gasteiger partial charge is 0.416 e. The van der Waals surface area contributed by atoms with Crippen molar-refractivity contribution in [2.75, 3.05) is 11.9 Å². The summed E-state index contributed by atoms with van der Waals surface area (Å²) in [6, 6.07) is 13.7. The van der Waals surface area contributed by atoms with Crippen molar-refractivity contribution in [2.45, 2.75) is 51.4 Å². The zero-order valence-corrected chi connectivity index (χ0v) is 19.6. The number of halogens is 3. The quantitative estimate of drug-likeness (QED) is 0.450. The minimum Gasteiger partial charge on any atom is -0.478 e. The standard InChI is InChI=1S/C27H27F3N2O3/c1-17-14-23(19-10-11-19)24(16-31(2)22-5-3-4-21(15-22)27(28,29)30)32(25(17)33)13-12-18-6-8-20(9-7-18)26(34)35/h3-9,14-15,19H,10-13,16H2,1-2H3,(H,34,35). The number of aromatic carboxylic acids is 1. The minimum atomic E-state index is -4.43. The summed E-state index contributed by atoms with van der Waals surface area (Å²) >= 11 is 0. The van der Waals surface area contributed by atoms with Crippen molar-refractivity contribution in [2.24, 2.45) is 0 Å². The Labute approximate surface area is 201 Å². The van der Waals surface area contributed by atoms with E-state index in [0.717, 1.165) is 41.8 Å². The Balaban J connectivity index is 1.66. The molecule has 0 radical (unpaired) electrons. The highest BCUT2D eigenvalue weighted by Crippen LogP contribution is 2.42. The number of carboxylic acid groups (broad SMARTS) is 1. The number of aryl methyl sites for hydroxylation is 2. The molecule has 0 bridgehead atoms. The first-order valence-electron chi connectivity index (χ1n) is 11.5. The van der Waals surface area contributed by atoms with E-state index in [1.165, 1.54) is 18.2 Å². The van der Waals surface area contributed by atoms with Crippen LogP contribution in [-0.2, 0) is 25.7 Å². The first kappa shape index (κ1) is 24.6. The van der Waals surface area contributed by atoms with E-state index in [0.29, 0.717) is 36.7 Å². The van der Waals surface area contributed by atoms with Gasteiger partial charge < -0.3 is 14.6 Å². The summed E-state index contributed by atoms with van der Waals surface area (Å²) in [5.74, 6) is -0.652. The largest absolute Gasteiger partial charge is 0.478 e. The number of carboxylic acids is 1. The Morgan fingerprint density at radius 2 is 1.80 bits per heavy atom. The topological polar surface area (TPSA) is 62.5 Å². The third-order valence-corrected chi connectivity index (χ3v) is 6.46. The fourth-order valence-electron chi connectivity index (χ4n) is 4.32. The van der Waals surface area contributed by atoms with E-state index in [1.54, 1.807) is 41.6 Å². The van der Waals surface area contributed by atoms with Crippen LogP contribution in [0.5, 0.6) is 0 Å². The molecule has 0 amide bonds. The van der Waals surface area contributed by atoms with Gasteiger partial charge in [0.05, 0.1) is 17.7 Å². The number of rotatable bonds is 8. The van der Waals surface area contributed by atoms with Crippen molar-refractivity contribution in [3.8, 4) is 0 Å². The highest BCUT2D eigenvalue weighted by molar-refractivity contribution is 5.87. The van der Waals surface area contributed by atoms with Crippen LogP contribution >= 0.6 is 0 Å². The molecule has 4 rings (SSSR count). The first-order valence-corrected chi connectivity index (χ1v) is 11.5. The Morgan fingerprint density at radius 1 is 1.11 bits per heavy atom. The van der Waals surface area contributed by atoms with Gasteiger partial charge in [0.25, 0.3) is 5.56 Å². The molecule has 1 fully saturated rings. The number of pyridine rings is 1. The Morgan fingerprint density at radius 3 is 2.40 bits per heavy atom. The van der Waals surface area contributed by atoms with Gasteiger partial charge >= 0.3 is 12.1 Å². The Kier molecular flexibility index (Phi) is 6.74. The van der Waals surface area contributed by atoms with Crippen LogP contribution in [-0.4, -0.2) is 22.7 Å². The molecular weight excluding hydrogens is 457 g/mol. The fourth-order valence-corrected chi connectivity index (χ4v) is 4.32. The lowest BCUT2D eigenvalue weighted by Crippen LogP contribution is -2.31. The van der Waals surface area contributed by atoms with Crippen LogP contribution in [0.2, 0.25) is 0 Å². The van der Waals surface area contributed by atoms with E-state index in [2.05, 4.69) is 0 Å². The van der Waals surface area contributed by atoms with Crippen LogP contribution in [0.25, 0.3) is 0 Å². The molecule has 1 aliphatic carbocycles. The van der Waals surface area contributed by atoms with Gasteiger partial charge in [-0.1, -0.05) is 18.2 Å². The lowest BCUT2D eigenvalue weighted by atomic mass is 10.0. The van der Waals surface area contributed by atoms with Crippen LogP contribution in [0.15, 0.2) is 59.4 Å². The van der Waals surface area contributed by atoms with E-state index in [4.69, 9.17) is 5.11 Å². The van der Waals surface area contributed by atoms with Gasteiger partial charge in [-0.25, -0.2) is 4.79 Å². The van der Waals surface area contributed by atoms with Crippen LogP contribution in [0.4, 0.5) is 18.9 Å². The third-order valence-electron chi connectivity index (χ3n) is 6.46. The van der Waals surface area contributed by atoms with E-state index in [1.807, 2.05) is 6.07 Å². The molecule has 8 heteroatoms. The third kappa shape index (κ3) is 5.58. The average Bonchev–Trinajstić information content (AvgIpc) is 3.66. The summed E-state index contributed by atoms with van der Waals surface area (Å²) in [6.07, 6.45) is -1.87. The van der Waals surface area contributed by atoms with Crippen molar-refractivity contribution in [3.05, 3.63) is 98.5 Å². The van der Waals surface area contributed by atoms with Crippen molar-refractivity contribution in [1.82, 2.24) is 4.57 Å². The van der Waals surface area contributed by atoms with Gasteiger partial charge in [0.2, 0.25) is 0 Å². The number of nitrogens with zero attached hydrogens (tertiary/aromatic N) is 2. The maximum atomic E-state index is 13.2. The van der Waals surface area contributed by atoms with Crippen molar-refractivity contribution < 1.29 is 23.1 Å². The summed E-state index contributed by atoms with van der Waals surface area (Å²) < 4.78 is 41.4. The lowest BCUT2D eigenvalue weighted by Gasteiger charge is -2.25. The maximum Gasteiger partial charge on any atom is 0.416 e. The van der Waals surface area contributed by atoms with Gasteiger partial charge in [0.15, 0.2) is 0 Å². The SMILES string of the molecule is Cc1cc(C2CC2)c(CN(C)c2cccc(C(F)(F)F)c2)n(CCc2ccc(C(=O)O)cc2)c1=O. The highest BCUT2D eigenvalue weighted by Gasteiger charge is 2.31. The summed E-state index contributed by atoms with van der Waals surface area (Å²) in [7, 11) is 1.73. The molecule has 3 aromatic rings. The first-order chi connectivity index (χ1) is 16.5. The molecule has 0 aliphatic heterocycles. The molecule has 35 heavy (non-hydrogen) atoms. The predicted molar refractivity (Wildman–Crippen MR) is 128 cm³/mol. The van der Waals surface area contributed by atoms with Crippen LogP contribution in [0.1, 0.15) is 57.1 Å². The Hall–Kier alpha value is -3.55. The molecule has 1 saturated carbocycles. The lowest BCUT2D eigenvalue weighted by molar-refractivity contribution is -0.137. The molecule has 1 N–H and O–H groups in total. The summed E-state index contributed by atoms with van der Waals surface area (Å²) in [5.41, 5.74) is 3.20. The van der Waals surface area contributed by atoms with E-state index >= 15 is 0 Å². The van der Waals surface area contributed by atoms with Gasteiger partial charge in [0.1, 0.15) is 0 Å². The highest BCUT2D eigenvalue weighted by atomic mass is 19.4. The molecule has 184 valence electrons. The van der Waals surface area contributed by atoms with Crippen molar-refractivity contribution in [1.29, 1.82) is 0 Å². The number of alkyl halides is 3. The molecule has 0 spiro atoms. The van der Waals surface area contributed by atoms with Crippen LogP contribution < -0.4 is 10.5 Å². The summed E-state index contributed by atoms with van der Waals surface area (Å²) in [6.45, 7) is 2.46. The average molecular weight is 485 g/mol. The fraction of sp³-hybridized carbons (Fsp3) is 0.333. The molecule has 1 heterocycles. The van der Waals surface area contributed by atoms with Gasteiger partial charge in [-0.05, 0) is 79.6 Å². The molecule has 0 saturated heterocycles. The monoisotopic (exact) mass is 484 g/mol. The van der Waals surface area contributed by atoms with Gasteiger partial charge in [0, 0.05) is 30.5 Å². The number of hydrogen-bond donors (Lipinski definition) is 1. The van der Waals surface area contributed by atoms with Gasteiger partial charge in [-0.15, -0.1) is 0 Å². The van der Waals surface area contributed by atoms with Gasteiger partial charge in [-0.3, -0.25) is 4.79 Å². The predicted octanol–water partition coefficient (Wildman–Crippen LogP) is 5.63. The second-order valence-corrected chi connectivity index (χ2v) is 9.12. The van der Waals surface area contributed by atoms with Crippen molar-refractivity contribution >= 4 is 11.7 Å². The maximum absolute atomic E-state index is 13.2. The molecule has 1 aliphatic rings. The Bertz CT molecular complexity index is 1290.